The lowest BCUT2D eigenvalue weighted by Gasteiger charge is -2.48. The second-order valence-electron chi connectivity index (χ2n) is 8.23. The first kappa shape index (κ1) is 20.6. The number of carbonyl (C=O) groups excluding carboxylic acids is 3. The van der Waals surface area contributed by atoms with Crippen LogP contribution in [0.4, 0.5) is 5.69 Å². The third-order valence-corrected chi connectivity index (χ3v) is 6.22. The van der Waals surface area contributed by atoms with Crippen molar-refractivity contribution < 1.29 is 14.4 Å². The van der Waals surface area contributed by atoms with Gasteiger partial charge in [0.15, 0.2) is 0 Å². The fourth-order valence-corrected chi connectivity index (χ4v) is 4.49. The summed E-state index contributed by atoms with van der Waals surface area (Å²) in [6.45, 7) is 2.56. The molecule has 0 aliphatic carbocycles. The average molecular weight is 416 g/mol. The van der Waals surface area contributed by atoms with E-state index in [1.165, 1.54) is 0 Å². The van der Waals surface area contributed by atoms with Crippen molar-refractivity contribution in [3.8, 4) is 6.07 Å². The minimum Gasteiger partial charge on any atom is -0.341 e. The number of nitrogens with zero attached hydrogens (tertiary/aromatic N) is 4. The number of hydrogen-bond acceptors (Lipinski definition) is 4. The van der Waals surface area contributed by atoms with Crippen LogP contribution in [0.5, 0.6) is 0 Å². The molecule has 1 unspecified atom stereocenters. The van der Waals surface area contributed by atoms with E-state index in [4.69, 9.17) is 5.26 Å². The molecule has 0 bridgehead atoms. The number of para-hydroxylation sites is 1. The molecule has 4 rings (SSSR count). The van der Waals surface area contributed by atoms with E-state index in [1.807, 2.05) is 31.2 Å². The van der Waals surface area contributed by atoms with Gasteiger partial charge in [0.1, 0.15) is 5.66 Å². The second kappa shape index (κ2) is 7.88. The van der Waals surface area contributed by atoms with E-state index < -0.39 is 5.66 Å². The highest BCUT2D eigenvalue weighted by Gasteiger charge is 2.52. The van der Waals surface area contributed by atoms with Crippen LogP contribution >= 0.6 is 0 Å². The summed E-state index contributed by atoms with van der Waals surface area (Å²) in [6, 6.07) is 16.3. The fourth-order valence-electron chi connectivity index (χ4n) is 4.49. The molecule has 2 aromatic carbocycles. The van der Waals surface area contributed by atoms with E-state index >= 15 is 0 Å². The van der Waals surface area contributed by atoms with E-state index in [-0.39, 0.29) is 30.7 Å². The molecule has 158 valence electrons. The van der Waals surface area contributed by atoms with Crippen LogP contribution < -0.4 is 4.90 Å². The van der Waals surface area contributed by atoms with E-state index in [1.54, 1.807) is 46.0 Å². The van der Waals surface area contributed by atoms with Gasteiger partial charge in [-0.15, -0.1) is 0 Å². The Morgan fingerprint density at radius 3 is 2.58 bits per heavy atom. The van der Waals surface area contributed by atoms with Gasteiger partial charge in [0, 0.05) is 33.0 Å². The average Bonchev–Trinajstić information content (AvgIpc) is 3.09. The van der Waals surface area contributed by atoms with Gasteiger partial charge in [-0.05, 0) is 43.2 Å². The van der Waals surface area contributed by atoms with Gasteiger partial charge in [-0.3, -0.25) is 19.3 Å². The monoisotopic (exact) mass is 416 g/mol. The fraction of sp³-hybridized carbons (Fsp3) is 0.333. The first-order chi connectivity index (χ1) is 14.8. The van der Waals surface area contributed by atoms with Crippen LogP contribution in [0, 0.1) is 11.3 Å². The van der Waals surface area contributed by atoms with E-state index in [0.29, 0.717) is 36.2 Å². The van der Waals surface area contributed by atoms with Crippen LogP contribution in [0.3, 0.4) is 0 Å². The van der Waals surface area contributed by atoms with Crippen molar-refractivity contribution >= 4 is 23.4 Å². The Balaban J connectivity index is 1.48. The molecule has 2 aromatic rings. The molecule has 3 amide bonds. The van der Waals surface area contributed by atoms with Gasteiger partial charge in [-0.2, -0.15) is 5.26 Å². The first-order valence-electron chi connectivity index (χ1n) is 10.3. The number of anilines is 1. The van der Waals surface area contributed by atoms with Crippen molar-refractivity contribution in [3.63, 3.8) is 0 Å². The van der Waals surface area contributed by atoms with Gasteiger partial charge in [0.2, 0.25) is 11.8 Å². The third-order valence-electron chi connectivity index (χ3n) is 6.22. The summed E-state index contributed by atoms with van der Waals surface area (Å²) in [5.74, 6) is -0.237. The highest BCUT2D eigenvalue weighted by molar-refractivity contribution is 6.10. The number of benzene rings is 2. The number of nitriles is 1. The second-order valence-corrected chi connectivity index (χ2v) is 8.23. The molecule has 0 spiro atoms. The number of rotatable bonds is 5. The molecule has 1 atom stereocenters. The van der Waals surface area contributed by atoms with Crippen LogP contribution in [0.25, 0.3) is 0 Å². The molecular formula is C24H24N4O3. The number of hydrogen-bond donors (Lipinski definition) is 0. The summed E-state index contributed by atoms with van der Waals surface area (Å²) in [5, 5.41) is 8.91. The Hall–Kier alpha value is -3.66. The van der Waals surface area contributed by atoms with Crippen molar-refractivity contribution in [3.05, 3.63) is 65.2 Å². The van der Waals surface area contributed by atoms with E-state index in [2.05, 4.69) is 6.07 Å². The standard InChI is InChI=1S/C24H24N4O3/c1-24-13-11-22(30)28(24)20-6-4-3-5-19(20)23(31)27(24)14-12-21(29)26(2)16-18-9-7-17(15-25)8-10-18/h3-10H,11-14,16H2,1-2H3. The maximum Gasteiger partial charge on any atom is 0.257 e. The van der Waals surface area contributed by atoms with Crippen LogP contribution in [0.15, 0.2) is 48.5 Å². The SMILES string of the molecule is CN(Cc1ccc(C#N)cc1)C(=O)CCN1C(=O)c2ccccc2N2C(=O)CCC12C. The van der Waals surface area contributed by atoms with Gasteiger partial charge in [0.05, 0.1) is 22.9 Å². The zero-order valence-corrected chi connectivity index (χ0v) is 17.7. The molecule has 7 nitrogen and oxygen atoms in total. The van der Waals surface area contributed by atoms with Crippen LogP contribution in [0.1, 0.15) is 47.7 Å². The lowest BCUT2D eigenvalue weighted by Crippen LogP contribution is -2.62. The third kappa shape index (κ3) is 3.55. The van der Waals surface area contributed by atoms with Crippen LogP contribution in [0.2, 0.25) is 0 Å². The summed E-state index contributed by atoms with van der Waals surface area (Å²) in [7, 11) is 1.72. The molecule has 1 saturated heterocycles. The van der Waals surface area contributed by atoms with Crippen molar-refractivity contribution in [2.45, 2.75) is 38.4 Å². The predicted octanol–water partition coefficient (Wildman–Crippen LogP) is 2.91. The van der Waals surface area contributed by atoms with Crippen molar-refractivity contribution in [1.82, 2.24) is 9.80 Å². The molecule has 1 fully saturated rings. The Labute approximate surface area is 181 Å². The minimum absolute atomic E-state index is 0.00305. The highest BCUT2D eigenvalue weighted by atomic mass is 16.2. The van der Waals surface area contributed by atoms with Crippen molar-refractivity contribution in [2.24, 2.45) is 0 Å². The smallest absolute Gasteiger partial charge is 0.257 e. The van der Waals surface area contributed by atoms with Crippen molar-refractivity contribution in [1.29, 1.82) is 5.26 Å². The topological polar surface area (TPSA) is 84.7 Å². The molecular weight excluding hydrogens is 392 g/mol. The summed E-state index contributed by atoms with van der Waals surface area (Å²) < 4.78 is 0. The Morgan fingerprint density at radius 1 is 1.16 bits per heavy atom. The highest BCUT2D eigenvalue weighted by Crippen LogP contribution is 2.43. The maximum absolute atomic E-state index is 13.2. The summed E-state index contributed by atoms with van der Waals surface area (Å²) >= 11 is 0. The predicted molar refractivity (Wildman–Crippen MR) is 115 cm³/mol. The summed E-state index contributed by atoms with van der Waals surface area (Å²) in [5.41, 5.74) is 1.89. The Bertz CT molecular complexity index is 1090. The molecule has 0 saturated carbocycles. The molecule has 31 heavy (non-hydrogen) atoms. The van der Waals surface area contributed by atoms with Gasteiger partial charge < -0.3 is 9.80 Å². The normalized spacial score (nSPS) is 19.6. The number of amides is 3. The summed E-state index contributed by atoms with van der Waals surface area (Å²) in [6.07, 6.45) is 1.08. The largest absolute Gasteiger partial charge is 0.341 e. The zero-order valence-electron chi connectivity index (χ0n) is 17.7. The van der Waals surface area contributed by atoms with E-state index in [9.17, 15) is 14.4 Å². The number of carbonyl (C=O) groups is 3. The molecule has 2 aliphatic rings. The Kier molecular flexibility index (Phi) is 5.24. The lowest BCUT2D eigenvalue weighted by molar-refractivity contribution is -0.130. The van der Waals surface area contributed by atoms with Gasteiger partial charge in [-0.1, -0.05) is 24.3 Å². The van der Waals surface area contributed by atoms with E-state index in [0.717, 1.165) is 5.56 Å². The molecule has 2 heterocycles. The lowest BCUT2D eigenvalue weighted by atomic mass is 9.98. The van der Waals surface area contributed by atoms with Gasteiger partial charge >= 0.3 is 0 Å². The summed E-state index contributed by atoms with van der Waals surface area (Å²) in [4.78, 5) is 43.6. The van der Waals surface area contributed by atoms with Gasteiger partial charge in [0.25, 0.3) is 5.91 Å². The zero-order chi connectivity index (χ0) is 22.2. The Morgan fingerprint density at radius 2 is 1.87 bits per heavy atom. The molecule has 0 radical (unpaired) electrons. The first-order valence-corrected chi connectivity index (χ1v) is 10.3. The molecule has 7 heteroatoms. The van der Waals surface area contributed by atoms with Crippen molar-refractivity contribution in [2.75, 3.05) is 18.5 Å². The maximum atomic E-state index is 13.2. The molecule has 0 N–H and O–H groups in total. The van der Waals surface area contributed by atoms with Gasteiger partial charge in [-0.25, -0.2) is 0 Å². The quantitative estimate of drug-likeness (QED) is 0.750. The van der Waals surface area contributed by atoms with Crippen LogP contribution in [-0.4, -0.2) is 46.8 Å². The van der Waals surface area contributed by atoms with Crippen LogP contribution in [-0.2, 0) is 16.1 Å². The minimum atomic E-state index is -0.755. The number of fused-ring (bicyclic) bond motifs is 3. The molecule has 2 aliphatic heterocycles. The molecule has 0 aromatic heterocycles.